The predicted molar refractivity (Wildman–Crippen MR) is 71.4 cm³/mol. The summed E-state index contributed by atoms with van der Waals surface area (Å²) in [6, 6.07) is 7.44. The number of aryl methyl sites for hydroxylation is 2. The predicted octanol–water partition coefficient (Wildman–Crippen LogP) is 2.32. The van der Waals surface area contributed by atoms with Gasteiger partial charge in [0.05, 0.1) is 23.4 Å². The second kappa shape index (κ2) is 4.63. The van der Waals surface area contributed by atoms with Crippen molar-refractivity contribution >= 4 is 0 Å². The molecule has 0 atom stereocenters. The van der Waals surface area contributed by atoms with E-state index in [1.807, 2.05) is 26.2 Å². The summed E-state index contributed by atoms with van der Waals surface area (Å²) in [7, 11) is 1.83. The molecule has 0 aliphatic heterocycles. The van der Waals surface area contributed by atoms with Crippen LogP contribution in [0.2, 0.25) is 0 Å². The zero-order valence-corrected chi connectivity index (χ0v) is 11.0. The highest BCUT2D eigenvalue weighted by Crippen LogP contribution is 2.25. The zero-order chi connectivity index (χ0) is 14.1. The summed E-state index contributed by atoms with van der Waals surface area (Å²) >= 11 is 0. The molecule has 0 saturated heterocycles. The van der Waals surface area contributed by atoms with Gasteiger partial charge in [-0.25, -0.2) is 0 Å². The summed E-state index contributed by atoms with van der Waals surface area (Å²) in [5.41, 5.74) is 3.16. The maximum atomic E-state index is 8.87. The minimum atomic E-state index is 0.436. The number of rotatable bonds is 2. The molecule has 0 spiro atoms. The first-order chi connectivity index (χ1) is 9.67. The first-order valence-electron chi connectivity index (χ1n) is 6.01. The highest BCUT2D eigenvalue weighted by atomic mass is 16.5. The van der Waals surface area contributed by atoms with E-state index in [1.54, 1.807) is 23.0 Å². The Balaban J connectivity index is 2.00. The molecule has 6 heteroatoms. The van der Waals surface area contributed by atoms with E-state index < -0.39 is 0 Å². The van der Waals surface area contributed by atoms with Gasteiger partial charge < -0.3 is 4.52 Å². The molecule has 6 nitrogen and oxygen atoms in total. The van der Waals surface area contributed by atoms with Crippen molar-refractivity contribution in [3.63, 3.8) is 0 Å². The molecule has 0 N–H and O–H groups in total. The maximum absolute atomic E-state index is 8.87. The molecule has 3 aromatic rings. The fraction of sp³-hybridized carbons (Fsp3) is 0.143. The summed E-state index contributed by atoms with van der Waals surface area (Å²) in [6.45, 7) is 1.91. The van der Waals surface area contributed by atoms with Gasteiger partial charge in [0.2, 0.25) is 5.82 Å². The molecule has 0 fully saturated rings. The normalized spacial score (nSPS) is 10.4. The molecular weight excluding hydrogens is 254 g/mol. The van der Waals surface area contributed by atoms with Crippen molar-refractivity contribution in [3.05, 3.63) is 41.7 Å². The Morgan fingerprint density at radius 2 is 2.20 bits per heavy atom. The third-order valence-corrected chi connectivity index (χ3v) is 2.98. The molecule has 0 aliphatic rings. The van der Waals surface area contributed by atoms with Gasteiger partial charge in [0, 0.05) is 18.8 Å². The molecular formula is C14H11N5O. The maximum Gasteiger partial charge on any atom is 0.258 e. The van der Waals surface area contributed by atoms with Crippen molar-refractivity contribution in [3.8, 4) is 28.9 Å². The van der Waals surface area contributed by atoms with Crippen molar-refractivity contribution in [2.75, 3.05) is 0 Å². The first kappa shape index (κ1) is 12.1. The van der Waals surface area contributed by atoms with Crippen LogP contribution in [0.15, 0.2) is 35.1 Å². The monoisotopic (exact) mass is 265 g/mol. The number of aromatic nitrogens is 4. The molecule has 1 aromatic carbocycles. The first-order valence-corrected chi connectivity index (χ1v) is 6.01. The lowest BCUT2D eigenvalue weighted by atomic mass is 10.1. The third kappa shape index (κ3) is 2.06. The van der Waals surface area contributed by atoms with Crippen molar-refractivity contribution < 1.29 is 4.52 Å². The van der Waals surface area contributed by atoms with Gasteiger partial charge in [0.1, 0.15) is 0 Å². The van der Waals surface area contributed by atoms with Crippen molar-refractivity contribution in [2.24, 2.45) is 7.05 Å². The Hall–Kier alpha value is -2.94. The van der Waals surface area contributed by atoms with Crippen LogP contribution in [0.1, 0.15) is 11.1 Å². The molecule has 2 aromatic heterocycles. The second-order valence-electron chi connectivity index (χ2n) is 4.47. The standard InChI is InChI=1S/C14H11N5O/c1-9-5-10(6-15)3-4-12(9)14-17-13(18-20-14)11-7-16-19(2)8-11/h3-5,7-8H,1-2H3. The number of hydrogen-bond acceptors (Lipinski definition) is 5. The molecule has 0 aliphatic carbocycles. The SMILES string of the molecule is Cc1cc(C#N)ccc1-c1nc(-c2cnn(C)c2)no1. The number of nitriles is 1. The van der Waals surface area contributed by atoms with E-state index in [4.69, 9.17) is 9.78 Å². The van der Waals surface area contributed by atoms with Crippen LogP contribution in [0, 0.1) is 18.3 Å². The quantitative estimate of drug-likeness (QED) is 0.710. The van der Waals surface area contributed by atoms with Crippen LogP contribution in [0.3, 0.4) is 0 Å². The lowest BCUT2D eigenvalue weighted by Crippen LogP contribution is -1.86. The smallest absolute Gasteiger partial charge is 0.258 e. The largest absolute Gasteiger partial charge is 0.334 e. The van der Waals surface area contributed by atoms with E-state index in [-0.39, 0.29) is 0 Å². The second-order valence-corrected chi connectivity index (χ2v) is 4.47. The Labute approximate surface area is 115 Å². The van der Waals surface area contributed by atoms with Crippen LogP contribution < -0.4 is 0 Å². The lowest BCUT2D eigenvalue weighted by molar-refractivity contribution is 0.432. The van der Waals surface area contributed by atoms with E-state index >= 15 is 0 Å². The van der Waals surface area contributed by atoms with Gasteiger partial charge in [-0.2, -0.15) is 15.3 Å². The summed E-state index contributed by atoms with van der Waals surface area (Å²) < 4.78 is 6.97. The minimum absolute atomic E-state index is 0.436. The van der Waals surface area contributed by atoms with Crippen LogP contribution in [-0.4, -0.2) is 19.9 Å². The highest BCUT2D eigenvalue weighted by Gasteiger charge is 2.13. The van der Waals surface area contributed by atoms with Gasteiger partial charge in [-0.3, -0.25) is 4.68 Å². The molecule has 3 rings (SSSR count). The molecule has 0 unspecified atom stereocenters. The zero-order valence-electron chi connectivity index (χ0n) is 11.0. The fourth-order valence-electron chi connectivity index (χ4n) is 1.96. The van der Waals surface area contributed by atoms with Crippen molar-refractivity contribution in [1.82, 2.24) is 19.9 Å². The summed E-state index contributed by atoms with van der Waals surface area (Å²) in [6.07, 6.45) is 3.50. The van der Waals surface area contributed by atoms with E-state index in [0.29, 0.717) is 17.3 Å². The topological polar surface area (TPSA) is 80.5 Å². The van der Waals surface area contributed by atoms with Gasteiger partial charge in [0.15, 0.2) is 0 Å². The lowest BCUT2D eigenvalue weighted by Gasteiger charge is -1.99. The van der Waals surface area contributed by atoms with Gasteiger partial charge in [-0.05, 0) is 30.7 Å². The average molecular weight is 265 g/mol. The highest BCUT2D eigenvalue weighted by molar-refractivity contribution is 5.62. The van der Waals surface area contributed by atoms with E-state index in [2.05, 4.69) is 21.3 Å². The van der Waals surface area contributed by atoms with E-state index in [9.17, 15) is 0 Å². The molecule has 98 valence electrons. The summed E-state index contributed by atoms with van der Waals surface area (Å²) in [5.74, 6) is 0.933. The number of benzene rings is 1. The van der Waals surface area contributed by atoms with E-state index in [1.165, 1.54) is 0 Å². The van der Waals surface area contributed by atoms with Gasteiger partial charge in [-0.1, -0.05) is 5.16 Å². The Morgan fingerprint density at radius 3 is 2.85 bits per heavy atom. The number of nitrogens with zero attached hydrogens (tertiary/aromatic N) is 5. The Bertz CT molecular complexity index is 809. The van der Waals surface area contributed by atoms with Gasteiger partial charge in [-0.15, -0.1) is 0 Å². The van der Waals surface area contributed by atoms with Crippen molar-refractivity contribution in [2.45, 2.75) is 6.92 Å². The van der Waals surface area contributed by atoms with Crippen LogP contribution in [0.4, 0.5) is 0 Å². The summed E-state index contributed by atoms with van der Waals surface area (Å²) in [5, 5.41) is 16.9. The Kier molecular flexibility index (Phi) is 2.80. The van der Waals surface area contributed by atoms with Gasteiger partial charge >= 0.3 is 0 Å². The third-order valence-electron chi connectivity index (χ3n) is 2.98. The Morgan fingerprint density at radius 1 is 1.35 bits per heavy atom. The van der Waals surface area contributed by atoms with Crippen LogP contribution >= 0.6 is 0 Å². The van der Waals surface area contributed by atoms with E-state index in [0.717, 1.165) is 16.7 Å². The van der Waals surface area contributed by atoms with Crippen LogP contribution in [0.25, 0.3) is 22.8 Å². The van der Waals surface area contributed by atoms with Crippen molar-refractivity contribution in [1.29, 1.82) is 5.26 Å². The molecule has 0 saturated carbocycles. The molecule has 0 bridgehead atoms. The minimum Gasteiger partial charge on any atom is -0.334 e. The average Bonchev–Trinajstić information content (AvgIpc) is 3.07. The molecule has 20 heavy (non-hydrogen) atoms. The van der Waals surface area contributed by atoms with Crippen LogP contribution in [0.5, 0.6) is 0 Å². The molecule has 0 amide bonds. The fourth-order valence-corrected chi connectivity index (χ4v) is 1.96. The van der Waals surface area contributed by atoms with Gasteiger partial charge in [0.25, 0.3) is 5.89 Å². The number of hydrogen-bond donors (Lipinski definition) is 0. The summed E-state index contributed by atoms with van der Waals surface area (Å²) in [4.78, 5) is 4.37. The molecule has 0 radical (unpaired) electrons. The van der Waals surface area contributed by atoms with Crippen LogP contribution in [-0.2, 0) is 7.05 Å². The molecule has 2 heterocycles.